The van der Waals surface area contributed by atoms with E-state index in [4.69, 9.17) is 4.74 Å². The summed E-state index contributed by atoms with van der Waals surface area (Å²) in [4.78, 5) is 25.0. The Labute approximate surface area is 130 Å². The van der Waals surface area contributed by atoms with Crippen LogP contribution in [-0.4, -0.2) is 42.1 Å². The first-order chi connectivity index (χ1) is 10.5. The summed E-state index contributed by atoms with van der Waals surface area (Å²) in [6, 6.07) is 9.84. The number of hydrogen-bond donors (Lipinski definition) is 1. The Kier molecular flexibility index (Phi) is 5.55. The van der Waals surface area contributed by atoms with Crippen molar-refractivity contribution < 1.29 is 19.4 Å². The van der Waals surface area contributed by atoms with Crippen molar-refractivity contribution >= 4 is 11.9 Å². The van der Waals surface area contributed by atoms with E-state index in [1.165, 1.54) is 0 Å². The van der Waals surface area contributed by atoms with Crippen molar-refractivity contribution in [2.75, 3.05) is 20.2 Å². The lowest BCUT2D eigenvalue weighted by atomic mass is 9.66. The molecule has 5 heteroatoms. The number of carbonyl (C=O) groups is 2. The Bertz CT molecular complexity index is 511. The number of likely N-dealkylation sites (N-methyl/N-ethyl adjacent to an activating group) is 1. The molecule has 1 fully saturated rings. The fourth-order valence-corrected chi connectivity index (χ4v) is 2.58. The van der Waals surface area contributed by atoms with Crippen LogP contribution in [0.5, 0.6) is 0 Å². The number of benzene rings is 1. The number of carboxylic acid groups (broad SMARTS) is 1. The van der Waals surface area contributed by atoms with Crippen LogP contribution in [0.4, 0.5) is 0 Å². The van der Waals surface area contributed by atoms with Crippen molar-refractivity contribution in [1.29, 1.82) is 0 Å². The fourth-order valence-electron chi connectivity index (χ4n) is 2.58. The first-order valence-corrected chi connectivity index (χ1v) is 7.62. The van der Waals surface area contributed by atoms with Gasteiger partial charge in [0.15, 0.2) is 0 Å². The number of rotatable bonds is 8. The van der Waals surface area contributed by atoms with Crippen LogP contribution in [0.2, 0.25) is 0 Å². The molecule has 0 atom stereocenters. The van der Waals surface area contributed by atoms with Crippen LogP contribution in [0, 0.1) is 5.41 Å². The summed E-state index contributed by atoms with van der Waals surface area (Å²) in [7, 11) is 1.70. The van der Waals surface area contributed by atoms with E-state index in [9.17, 15) is 14.7 Å². The molecule has 1 aliphatic rings. The highest BCUT2D eigenvalue weighted by molar-refractivity contribution is 5.85. The molecule has 1 amide bonds. The molecule has 0 aliphatic heterocycles. The summed E-state index contributed by atoms with van der Waals surface area (Å²) in [5.74, 6) is -0.966. The molecule has 0 heterocycles. The quantitative estimate of drug-likeness (QED) is 0.748. The van der Waals surface area contributed by atoms with E-state index in [-0.39, 0.29) is 12.3 Å². The van der Waals surface area contributed by atoms with Gasteiger partial charge in [0.1, 0.15) is 0 Å². The van der Waals surface area contributed by atoms with E-state index in [0.29, 0.717) is 32.6 Å². The molecular weight excluding hydrogens is 282 g/mol. The Morgan fingerprint density at radius 1 is 1.27 bits per heavy atom. The number of carbonyl (C=O) groups excluding carboxylic acids is 1. The lowest BCUT2D eigenvalue weighted by Gasteiger charge is -2.37. The number of nitrogens with zero attached hydrogens (tertiary/aromatic N) is 1. The number of carboxylic acids is 1. The molecule has 1 aromatic carbocycles. The van der Waals surface area contributed by atoms with E-state index >= 15 is 0 Å². The molecule has 0 bridgehead atoms. The van der Waals surface area contributed by atoms with Crippen LogP contribution in [-0.2, 0) is 20.9 Å². The Balaban J connectivity index is 1.69. The van der Waals surface area contributed by atoms with Crippen LogP contribution < -0.4 is 0 Å². The first-order valence-electron chi connectivity index (χ1n) is 7.62. The number of aliphatic carboxylic acids is 1. The third-order valence-corrected chi connectivity index (χ3v) is 4.36. The van der Waals surface area contributed by atoms with Gasteiger partial charge in [-0.2, -0.15) is 0 Å². The number of ether oxygens (including phenoxy) is 1. The van der Waals surface area contributed by atoms with Crippen molar-refractivity contribution in [3.8, 4) is 0 Å². The van der Waals surface area contributed by atoms with Crippen molar-refractivity contribution in [3.63, 3.8) is 0 Å². The van der Waals surface area contributed by atoms with Gasteiger partial charge in [-0.1, -0.05) is 36.8 Å². The lowest BCUT2D eigenvalue weighted by molar-refractivity contribution is -0.159. The van der Waals surface area contributed by atoms with E-state index in [0.717, 1.165) is 12.0 Å². The van der Waals surface area contributed by atoms with Gasteiger partial charge in [0, 0.05) is 20.0 Å². The Hall–Kier alpha value is -1.88. The third kappa shape index (κ3) is 4.07. The van der Waals surface area contributed by atoms with Gasteiger partial charge in [0.2, 0.25) is 5.91 Å². The van der Waals surface area contributed by atoms with Gasteiger partial charge in [0.05, 0.1) is 18.6 Å². The third-order valence-electron chi connectivity index (χ3n) is 4.36. The zero-order valence-corrected chi connectivity index (χ0v) is 13.0. The molecular formula is C17H23NO4. The van der Waals surface area contributed by atoms with Crippen molar-refractivity contribution in [2.45, 2.75) is 32.3 Å². The van der Waals surface area contributed by atoms with E-state index in [1.54, 1.807) is 11.9 Å². The molecule has 0 aromatic heterocycles. The molecule has 120 valence electrons. The zero-order chi connectivity index (χ0) is 16.0. The maximum atomic E-state index is 12.1. The highest BCUT2D eigenvalue weighted by Gasteiger charge is 2.46. The molecule has 2 rings (SSSR count). The summed E-state index contributed by atoms with van der Waals surface area (Å²) in [6.07, 6.45) is 2.19. The molecule has 0 saturated heterocycles. The summed E-state index contributed by atoms with van der Waals surface area (Å²) in [5, 5.41) is 9.26. The van der Waals surface area contributed by atoms with Gasteiger partial charge in [0.25, 0.3) is 0 Å². The minimum Gasteiger partial charge on any atom is -0.481 e. The summed E-state index contributed by atoms with van der Waals surface area (Å²) < 4.78 is 5.55. The number of amides is 1. The molecule has 1 N–H and O–H groups in total. The summed E-state index contributed by atoms with van der Waals surface area (Å²) in [6.45, 7) is 1.43. The normalized spacial score (nSPS) is 15.9. The lowest BCUT2D eigenvalue weighted by Crippen LogP contribution is -2.43. The van der Waals surface area contributed by atoms with E-state index < -0.39 is 11.4 Å². The second-order valence-corrected chi connectivity index (χ2v) is 5.97. The van der Waals surface area contributed by atoms with Gasteiger partial charge in [-0.15, -0.1) is 0 Å². The van der Waals surface area contributed by atoms with Crippen LogP contribution in [0.1, 0.15) is 31.2 Å². The van der Waals surface area contributed by atoms with Gasteiger partial charge in [-0.3, -0.25) is 9.59 Å². The van der Waals surface area contributed by atoms with Crippen molar-refractivity contribution in [1.82, 2.24) is 4.90 Å². The molecule has 0 radical (unpaired) electrons. The highest BCUT2D eigenvalue weighted by atomic mass is 16.5. The monoisotopic (exact) mass is 305 g/mol. The van der Waals surface area contributed by atoms with Crippen molar-refractivity contribution in [2.24, 2.45) is 5.41 Å². The van der Waals surface area contributed by atoms with Crippen LogP contribution in [0.15, 0.2) is 30.3 Å². The van der Waals surface area contributed by atoms with Crippen molar-refractivity contribution in [3.05, 3.63) is 35.9 Å². The summed E-state index contributed by atoms with van der Waals surface area (Å²) >= 11 is 0. The van der Waals surface area contributed by atoms with Crippen LogP contribution >= 0.6 is 0 Å². The topological polar surface area (TPSA) is 66.8 Å². The average Bonchev–Trinajstić information content (AvgIpc) is 2.47. The van der Waals surface area contributed by atoms with Gasteiger partial charge >= 0.3 is 5.97 Å². The molecule has 0 spiro atoms. The molecule has 1 aromatic rings. The Morgan fingerprint density at radius 3 is 2.50 bits per heavy atom. The minimum atomic E-state index is -0.846. The predicted octanol–water partition coefficient (Wildman–Crippen LogP) is 2.31. The van der Waals surface area contributed by atoms with E-state index in [2.05, 4.69) is 0 Å². The van der Waals surface area contributed by atoms with Gasteiger partial charge in [-0.25, -0.2) is 0 Å². The molecule has 0 unspecified atom stereocenters. The maximum absolute atomic E-state index is 12.1. The predicted molar refractivity (Wildman–Crippen MR) is 82.3 cm³/mol. The largest absolute Gasteiger partial charge is 0.481 e. The Morgan fingerprint density at radius 2 is 1.95 bits per heavy atom. The van der Waals surface area contributed by atoms with Gasteiger partial charge in [-0.05, 0) is 18.4 Å². The minimum absolute atomic E-state index is 0.0948. The average molecular weight is 305 g/mol. The molecule has 1 saturated carbocycles. The fraction of sp³-hybridized carbons (Fsp3) is 0.529. The molecule has 1 aliphatic carbocycles. The second-order valence-electron chi connectivity index (χ2n) is 5.97. The second kappa shape index (κ2) is 7.40. The molecule has 22 heavy (non-hydrogen) atoms. The van der Waals surface area contributed by atoms with E-state index in [1.807, 2.05) is 30.3 Å². The summed E-state index contributed by atoms with van der Waals surface area (Å²) in [5.41, 5.74) is 0.270. The zero-order valence-electron chi connectivity index (χ0n) is 13.0. The SMILES string of the molecule is CN(CCOCc1ccccc1)C(=O)CC1(C(=O)O)CCC1. The first kappa shape index (κ1) is 16.5. The van der Waals surface area contributed by atoms with Crippen LogP contribution in [0.3, 0.4) is 0 Å². The highest BCUT2D eigenvalue weighted by Crippen LogP contribution is 2.44. The number of hydrogen-bond acceptors (Lipinski definition) is 3. The standard InChI is InChI=1S/C17H23NO4/c1-18(10-11-22-13-14-6-3-2-4-7-14)15(19)12-17(16(20)21)8-5-9-17/h2-4,6-7H,5,8-13H2,1H3,(H,20,21). The smallest absolute Gasteiger partial charge is 0.310 e. The van der Waals surface area contributed by atoms with Crippen LogP contribution in [0.25, 0.3) is 0 Å². The molecule has 5 nitrogen and oxygen atoms in total. The van der Waals surface area contributed by atoms with Gasteiger partial charge < -0.3 is 14.7 Å². The maximum Gasteiger partial charge on any atom is 0.310 e.